The molecule has 4 aromatic rings. The van der Waals surface area contributed by atoms with Gasteiger partial charge in [0.1, 0.15) is 23.0 Å². The topological polar surface area (TPSA) is 85.5 Å². The molecule has 0 unspecified atom stereocenters. The molecule has 8 nitrogen and oxygen atoms in total. The molecule has 2 aromatic heterocycles. The number of carboxylic acid groups (broad SMARTS) is 1. The summed E-state index contributed by atoms with van der Waals surface area (Å²) in [4.78, 5) is 20.1. The number of hydrogen-bond acceptors (Lipinski definition) is 6. The number of imidazole rings is 1. The fourth-order valence-electron chi connectivity index (χ4n) is 7.00. The number of halogens is 1. The molecule has 1 saturated heterocycles. The molecule has 0 radical (unpaired) electrons. The molecule has 0 spiro atoms. The van der Waals surface area contributed by atoms with Crippen LogP contribution in [0, 0.1) is 19.7 Å². The second-order valence-electron chi connectivity index (χ2n) is 14.8. The lowest BCUT2D eigenvalue weighted by Crippen LogP contribution is -2.45. The zero-order valence-electron chi connectivity index (χ0n) is 29.2. The maximum atomic E-state index is 15.7. The summed E-state index contributed by atoms with van der Waals surface area (Å²) in [6, 6.07) is 13.1. The third-order valence-electron chi connectivity index (χ3n) is 9.48. The average Bonchev–Trinajstić information content (AvgIpc) is 3.42. The molecule has 7 rings (SSSR count). The van der Waals surface area contributed by atoms with E-state index in [9.17, 15) is 9.90 Å². The van der Waals surface area contributed by atoms with Crippen LogP contribution in [0.15, 0.2) is 48.7 Å². The second kappa shape index (κ2) is 13.2. The summed E-state index contributed by atoms with van der Waals surface area (Å²) >= 11 is 0. The molecule has 5 heterocycles. The first-order chi connectivity index (χ1) is 22.7. The number of rotatable bonds is 3. The van der Waals surface area contributed by atoms with Gasteiger partial charge in [-0.1, -0.05) is 18.2 Å². The Labute approximate surface area is 282 Å². The minimum Gasteiger partial charge on any atom is -0.490 e. The number of fused-ring (bicyclic) bond motifs is 8. The van der Waals surface area contributed by atoms with Crippen LogP contribution in [0.2, 0.25) is 0 Å². The van der Waals surface area contributed by atoms with Crippen LogP contribution in [0.25, 0.3) is 28.0 Å². The quantitative estimate of drug-likeness (QED) is 0.236. The highest BCUT2D eigenvalue weighted by molar-refractivity contribution is 5.81. The zero-order chi connectivity index (χ0) is 34.4. The molecule has 0 aliphatic carbocycles. The summed E-state index contributed by atoms with van der Waals surface area (Å²) in [5.41, 5.74) is 4.56. The summed E-state index contributed by atoms with van der Waals surface area (Å²) in [6.07, 6.45) is 4.93. The third kappa shape index (κ3) is 7.08. The highest BCUT2D eigenvalue weighted by Gasteiger charge is 2.37. The maximum Gasteiger partial charge on any atom is 0.337 e. The van der Waals surface area contributed by atoms with E-state index in [1.807, 2.05) is 88.5 Å². The van der Waals surface area contributed by atoms with Crippen LogP contribution < -0.4 is 9.64 Å². The van der Waals surface area contributed by atoms with Gasteiger partial charge in [0.2, 0.25) is 0 Å². The van der Waals surface area contributed by atoms with Gasteiger partial charge in [-0.15, -0.1) is 0 Å². The van der Waals surface area contributed by atoms with Crippen LogP contribution in [0.5, 0.6) is 5.75 Å². The number of carbonyl (C=O) groups is 1. The number of pyridine rings is 1. The van der Waals surface area contributed by atoms with Crippen molar-refractivity contribution in [2.45, 2.75) is 104 Å². The molecule has 48 heavy (non-hydrogen) atoms. The second-order valence-corrected chi connectivity index (χ2v) is 14.8. The van der Waals surface area contributed by atoms with Crippen LogP contribution in [-0.4, -0.2) is 57.5 Å². The Morgan fingerprint density at radius 1 is 1.10 bits per heavy atom. The summed E-state index contributed by atoms with van der Waals surface area (Å²) < 4.78 is 36.9. The van der Waals surface area contributed by atoms with Gasteiger partial charge in [-0.25, -0.2) is 14.2 Å². The van der Waals surface area contributed by atoms with Gasteiger partial charge < -0.3 is 24.2 Å². The summed E-state index contributed by atoms with van der Waals surface area (Å²) in [7, 11) is 0. The van der Waals surface area contributed by atoms with Crippen LogP contribution in [0.4, 0.5) is 10.2 Å². The Bertz CT molecular complexity index is 1820. The van der Waals surface area contributed by atoms with Crippen LogP contribution in [0.1, 0.15) is 89.5 Å². The van der Waals surface area contributed by atoms with Gasteiger partial charge in [-0.05, 0) is 122 Å². The molecule has 1 fully saturated rings. The molecule has 1 N–H and O–H groups in total. The van der Waals surface area contributed by atoms with Gasteiger partial charge in [-0.2, -0.15) is 0 Å². The number of anilines is 1. The lowest BCUT2D eigenvalue weighted by molar-refractivity contribution is -0.160. The number of nitrogens with zero attached hydrogens (tertiary/aromatic N) is 3. The van der Waals surface area contributed by atoms with Crippen molar-refractivity contribution >= 4 is 17.4 Å². The monoisotopic (exact) mass is 657 g/mol. The van der Waals surface area contributed by atoms with Crippen molar-refractivity contribution in [2.24, 2.45) is 0 Å². The highest BCUT2D eigenvalue weighted by atomic mass is 19.1. The molecule has 2 aromatic carbocycles. The van der Waals surface area contributed by atoms with Crippen molar-refractivity contribution in [1.82, 2.24) is 9.38 Å². The van der Waals surface area contributed by atoms with Gasteiger partial charge in [0.15, 0.2) is 6.10 Å². The van der Waals surface area contributed by atoms with Crippen molar-refractivity contribution in [3.8, 4) is 28.1 Å². The van der Waals surface area contributed by atoms with Gasteiger partial charge in [0.25, 0.3) is 0 Å². The summed E-state index contributed by atoms with van der Waals surface area (Å²) in [6.45, 7) is 15.6. The van der Waals surface area contributed by atoms with Gasteiger partial charge in [-0.3, -0.25) is 4.40 Å². The third-order valence-corrected chi connectivity index (χ3v) is 9.48. The van der Waals surface area contributed by atoms with Gasteiger partial charge in [0, 0.05) is 37.0 Å². The highest BCUT2D eigenvalue weighted by Crippen LogP contribution is 2.41. The lowest BCUT2D eigenvalue weighted by Gasteiger charge is -2.41. The maximum absolute atomic E-state index is 15.7. The van der Waals surface area contributed by atoms with E-state index in [0.717, 1.165) is 54.6 Å². The summed E-state index contributed by atoms with van der Waals surface area (Å²) in [5.74, 6) is -0.0855. The number of aliphatic carboxylic acids is 1. The van der Waals surface area contributed by atoms with Gasteiger partial charge in [0.05, 0.1) is 28.6 Å². The minimum absolute atomic E-state index is 0.0938. The molecular formula is C39H48FN3O5. The van der Waals surface area contributed by atoms with Crippen molar-refractivity contribution in [2.75, 3.05) is 24.6 Å². The minimum atomic E-state index is -1.18. The molecular weight excluding hydrogens is 609 g/mol. The molecule has 2 atom stereocenters. The van der Waals surface area contributed by atoms with Crippen molar-refractivity contribution in [1.29, 1.82) is 0 Å². The van der Waals surface area contributed by atoms with Crippen LogP contribution >= 0.6 is 0 Å². The largest absolute Gasteiger partial charge is 0.490 e. The van der Waals surface area contributed by atoms with E-state index in [4.69, 9.17) is 19.2 Å². The average molecular weight is 658 g/mol. The van der Waals surface area contributed by atoms with E-state index in [2.05, 4.69) is 11.8 Å². The number of aryl methyl sites for hydroxylation is 2. The molecule has 256 valence electrons. The number of benzene rings is 2. The Morgan fingerprint density at radius 3 is 2.54 bits per heavy atom. The van der Waals surface area contributed by atoms with E-state index < -0.39 is 17.7 Å². The van der Waals surface area contributed by atoms with E-state index in [-0.39, 0.29) is 17.5 Å². The fraction of sp³-hybridized carbons (Fsp3) is 0.487. The number of aromatic nitrogens is 2. The van der Waals surface area contributed by atoms with Crippen LogP contribution in [-0.2, 0) is 14.3 Å². The SMILES string of the molecule is Cc1cc(F)c2c(c1)O[C@@H](C)CCCCOC1(C)CCN(CC1)c1c([C@H](OC(C)(C)C)C(=O)O)c(C)cc3nc(cn13)-c1cccc-2c1. The van der Waals surface area contributed by atoms with E-state index in [1.54, 1.807) is 6.07 Å². The number of piperidine rings is 1. The van der Waals surface area contributed by atoms with E-state index in [1.165, 1.54) is 0 Å². The predicted molar refractivity (Wildman–Crippen MR) is 186 cm³/mol. The standard InChI is InChI=1S/C39H48FN3O5/c1-24-19-29(40)34-28-13-10-12-27(22-28)30-23-43-32(41-30)21-25(2)33(35(37(44)45)48-38(4,5)6)36(43)42-16-14-39(7,15-17-42)46-18-9-8-11-26(3)47-31(34)20-24/h10,12-13,19-23,26,35H,8-9,11,14-18H2,1-7H3,(H,44,45)/t26-,35-/m0/s1. The molecule has 0 saturated carbocycles. The van der Waals surface area contributed by atoms with Crippen LogP contribution in [0.3, 0.4) is 0 Å². The molecule has 0 amide bonds. The first-order valence-electron chi connectivity index (χ1n) is 17.1. The Hall–Kier alpha value is -3.95. The molecule has 6 bridgehead atoms. The van der Waals surface area contributed by atoms with Crippen molar-refractivity contribution < 1.29 is 28.5 Å². The number of hydrogen-bond donors (Lipinski definition) is 1. The van der Waals surface area contributed by atoms with Crippen molar-refractivity contribution in [3.63, 3.8) is 0 Å². The van der Waals surface area contributed by atoms with E-state index >= 15 is 4.39 Å². The summed E-state index contributed by atoms with van der Waals surface area (Å²) in [5, 5.41) is 10.5. The number of carboxylic acids is 1. The Balaban J connectivity index is 1.55. The Morgan fingerprint density at radius 2 is 1.83 bits per heavy atom. The predicted octanol–water partition coefficient (Wildman–Crippen LogP) is 8.69. The molecule has 9 heteroatoms. The molecule has 3 aliphatic rings. The first kappa shape index (κ1) is 33.9. The first-order valence-corrected chi connectivity index (χ1v) is 17.1. The van der Waals surface area contributed by atoms with E-state index in [0.29, 0.717) is 53.5 Å². The number of ether oxygens (including phenoxy) is 3. The fourth-order valence-corrected chi connectivity index (χ4v) is 7.00. The molecule has 3 aliphatic heterocycles. The lowest BCUT2D eigenvalue weighted by atomic mass is 9.92. The zero-order valence-corrected chi connectivity index (χ0v) is 29.2. The van der Waals surface area contributed by atoms with Crippen molar-refractivity contribution in [3.05, 3.63) is 71.2 Å². The van der Waals surface area contributed by atoms with Gasteiger partial charge >= 0.3 is 5.97 Å². The normalized spacial score (nSPS) is 21.2. The smallest absolute Gasteiger partial charge is 0.337 e. The Kier molecular flexibility index (Phi) is 9.30.